The van der Waals surface area contributed by atoms with Crippen LogP contribution in [0, 0.1) is 5.41 Å². The molecule has 0 amide bonds. The van der Waals surface area contributed by atoms with Gasteiger partial charge >= 0.3 is 11.7 Å². The van der Waals surface area contributed by atoms with Gasteiger partial charge in [-0.25, -0.2) is 4.79 Å². The van der Waals surface area contributed by atoms with Gasteiger partial charge in [-0.2, -0.15) is 0 Å². The molecule has 25 heavy (non-hydrogen) atoms. The molecule has 1 saturated heterocycles. The number of hydrogen-bond acceptors (Lipinski definition) is 6. The highest BCUT2D eigenvalue weighted by Crippen LogP contribution is 2.28. The molecule has 0 aromatic carbocycles. The van der Waals surface area contributed by atoms with Crippen molar-refractivity contribution in [2.24, 2.45) is 5.41 Å². The second kappa shape index (κ2) is 7.67. The van der Waals surface area contributed by atoms with Crippen LogP contribution in [-0.4, -0.2) is 39.4 Å². The smallest absolute Gasteiger partial charge is 0.330 e. The number of aliphatic hydroxyl groups is 1. The number of aromatic nitrogens is 2. The molecule has 0 aliphatic carbocycles. The summed E-state index contributed by atoms with van der Waals surface area (Å²) in [5.41, 5.74) is -1.56. The summed E-state index contributed by atoms with van der Waals surface area (Å²) < 4.78 is 12.0. The van der Waals surface area contributed by atoms with E-state index in [1.807, 2.05) is 0 Å². The van der Waals surface area contributed by atoms with Crippen molar-refractivity contribution in [2.75, 3.05) is 6.61 Å². The van der Waals surface area contributed by atoms with E-state index in [-0.39, 0.29) is 18.6 Å². The minimum absolute atomic E-state index is 0.111. The lowest BCUT2D eigenvalue weighted by atomic mass is 9.97. The number of nitrogens with one attached hydrogen (secondary N) is 1. The molecule has 0 saturated carbocycles. The van der Waals surface area contributed by atoms with Crippen molar-refractivity contribution >= 4 is 28.0 Å². The molecule has 0 radical (unpaired) electrons. The second-order valence-electron chi connectivity index (χ2n) is 6.82. The van der Waals surface area contributed by atoms with Gasteiger partial charge in [0.2, 0.25) is 0 Å². The zero-order chi connectivity index (χ0) is 18.8. The lowest BCUT2D eigenvalue weighted by molar-refractivity contribution is -0.159. The molecule has 3 atom stereocenters. The van der Waals surface area contributed by atoms with Gasteiger partial charge in [0.25, 0.3) is 5.56 Å². The van der Waals surface area contributed by atoms with Crippen LogP contribution in [0.1, 0.15) is 39.0 Å². The van der Waals surface area contributed by atoms with E-state index in [4.69, 9.17) is 9.47 Å². The van der Waals surface area contributed by atoms with Gasteiger partial charge in [0.05, 0.1) is 17.1 Å². The Morgan fingerprint density at radius 1 is 1.52 bits per heavy atom. The molecule has 3 unspecified atom stereocenters. The van der Waals surface area contributed by atoms with Crippen molar-refractivity contribution < 1.29 is 19.4 Å². The van der Waals surface area contributed by atoms with E-state index < -0.39 is 41.1 Å². The normalized spacial score (nSPS) is 24.0. The van der Waals surface area contributed by atoms with Crippen molar-refractivity contribution in [3.8, 4) is 0 Å². The van der Waals surface area contributed by atoms with Crippen LogP contribution in [-0.2, 0) is 14.3 Å². The van der Waals surface area contributed by atoms with Gasteiger partial charge in [-0.05, 0) is 31.8 Å². The maximum absolute atomic E-state index is 12.0. The molecule has 1 aromatic heterocycles. The minimum atomic E-state index is -0.897. The summed E-state index contributed by atoms with van der Waals surface area (Å²) in [6, 6.07) is 0. The van der Waals surface area contributed by atoms with Crippen LogP contribution in [0.2, 0.25) is 0 Å². The molecule has 0 bridgehead atoms. The molecule has 2 rings (SSSR count). The number of hydrogen-bond donors (Lipinski definition) is 2. The molecule has 1 aliphatic heterocycles. The zero-order valence-electron chi connectivity index (χ0n) is 14.2. The Morgan fingerprint density at radius 3 is 2.80 bits per heavy atom. The third kappa shape index (κ3) is 4.68. The predicted octanol–water partition coefficient (Wildman–Crippen LogP) is 1.14. The van der Waals surface area contributed by atoms with E-state index in [1.54, 1.807) is 20.8 Å². The number of carbonyl (C=O) groups excluding carboxylic acids is 1. The Labute approximate surface area is 152 Å². The quantitative estimate of drug-likeness (QED) is 0.711. The van der Waals surface area contributed by atoms with Crippen LogP contribution < -0.4 is 11.2 Å². The van der Waals surface area contributed by atoms with Crippen LogP contribution in [0.4, 0.5) is 0 Å². The van der Waals surface area contributed by atoms with Crippen molar-refractivity contribution in [1.29, 1.82) is 0 Å². The van der Waals surface area contributed by atoms with Gasteiger partial charge in [-0.15, -0.1) is 0 Å². The average molecular weight is 417 g/mol. The first-order valence-corrected chi connectivity index (χ1v) is 8.68. The van der Waals surface area contributed by atoms with Gasteiger partial charge in [-0.3, -0.25) is 19.1 Å². The van der Waals surface area contributed by atoms with E-state index in [9.17, 15) is 19.5 Å². The standard InChI is InChI=1S/C16H21BrN2O6/c1-16(2,3)14(22)24-8-11-10(20)6-12(25-11)19-7-9(4-5-17)13(21)18-15(19)23/h4-5,7,10-12,20H,6,8H2,1-3H3,(H,18,21,23)/b5-4+. The van der Waals surface area contributed by atoms with Crippen LogP contribution in [0.5, 0.6) is 0 Å². The van der Waals surface area contributed by atoms with Crippen LogP contribution in [0.25, 0.3) is 6.08 Å². The maximum atomic E-state index is 12.0. The number of esters is 1. The molecule has 1 aromatic rings. The zero-order valence-corrected chi connectivity index (χ0v) is 15.8. The Hall–Kier alpha value is -1.71. The van der Waals surface area contributed by atoms with Gasteiger partial charge in [0.1, 0.15) is 18.9 Å². The summed E-state index contributed by atoms with van der Waals surface area (Å²) in [4.78, 5) is 39.2. The lowest BCUT2D eigenvalue weighted by Crippen LogP contribution is -2.34. The second-order valence-corrected chi connectivity index (χ2v) is 7.35. The molecule has 0 spiro atoms. The summed E-state index contributed by atoms with van der Waals surface area (Å²) in [6.07, 6.45) is 0.584. The van der Waals surface area contributed by atoms with Gasteiger partial charge < -0.3 is 14.6 Å². The number of aliphatic hydroxyl groups excluding tert-OH is 1. The molecule has 1 fully saturated rings. The molecule has 2 N–H and O–H groups in total. The van der Waals surface area contributed by atoms with E-state index in [0.29, 0.717) is 0 Å². The predicted molar refractivity (Wildman–Crippen MR) is 94.2 cm³/mol. The van der Waals surface area contributed by atoms with Crippen molar-refractivity contribution in [3.63, 3.8) is 0 Å². The SMILES string of the molecule is CC(C)(C)C(=O)OCC1OC(n2cc(/C=C/Br)c(=O)[nH]c2=O)CC1O. The first-order chi connectivity index (χ1) is 11.6. The number of carbonyl (C=O) groups is 1. The van der Waals surface area contributed by atoms with Crippen molar-refractivity contribution in [2.45, 2.75) is 45.6 Å². The summed E-state index contributed by atoms with van der Waals surface area (Å²) in [7, 11) is 0. The highest BCUT2D eigenvalue weighted by atomic mass is 79.9. The van der Waals surface area contributed by atoms with Gasteiger partial charge in [-0.1, -0.05) is 15.9 Å². The molecule has 2 heterocycles. The van der Waals surface area contributed by atoms with E-state index >= 15 is 0 Å². The maximum Gasteiger partial charge on any atom is 0.330 e. The number of H-pyrrole nitrogens is 1. The molecular weight excluding hydrogens is 396 g/mol. The highest BCUT2D eigenvalue weighted by molar-refractivity contribution is 9.11. The Balaban J connectivity index is 2.13. The van der Waals surface area contributed by atoms with Gasteiger partial charge in [0.15, 0.2) is 0 Å². The van der Waals surface area contributed by atoms with Crippen LogP contribution in [0.15, 0.2) is 20.8 Å². The average Bonchev–Trinajstić information content (AvgIpc) is 2.87. The third-order valence-corrected chi connectivity index (χ3v) is 4.01. The fraction of sp³-hybridized carbons (Fsp3) is 0.562. The minimum Gasteiger partial charge on any atom is -0.462 e. The number of halogens is 1. The van der Waals surface area contributed by atoms with E-state index in [0.717, 1.165) is 0 Å². The largest absolute Gasteiger partial charge is 0.462 e. The molecule has 138 valence electrons. The fourth-order valence-electron chi connectivity index (χ4n) is 2.31. The number of nitrogens with zero attached hydrogens (tertiary/aromatic N) is 1. The first-order valence-electron chi connectivity index (χ1n) is 7.76. The first kappa shape index (κ1) is 19.6. The highest BCUT2D eigenvalue weighted by Gasteiger charge is 2.37. The Bertz CT molecular complexity index is 776. The number of aromatic amines is 1. The molecule has 8 nitrogen and oxygen atoms in total. The molecular formula is C16H21BrN2O6. The van der Waals surface area contributed by atoms with Crippen molar-refractivity contribution in [1.82, 2.24) is 9.55 Å². The molecule has 9 heteroatoms. The summed E-state index contributed by atoms with van der Waals surface area (Å²) in [6.45, 7) is 5.06. The fourth-order valence-corrected chi connectivity index (χ4v) is 2.60. The van der Waals surface area contributed by atoms with E-state index in [2.05, 4.69) is 20.9 Å². The third-order valence-electron chi connectivity index (χ3n) is 3.74. The lowest BCUT2D eigenvalue weighted by Gasteiger charge is -2.20. The summed E-state index contributed by atoms with van der Waals surface area (Å²) >= 11 is 3.08. The number of rotatable bonds is 4. The van der Waals surface area contributed by atoms with E-state index in [1.165, 1.54) is 21.8 Å². The topological polar surface area (TPSA) is 111 Å². The Kier molecular flexibility index (Phi) is 6.02. The summed E-state index contributed by atoms with van der Waals surface area (Å²) in [5, 5.41) is 10.1. The van der Waals surface area contributed by atoms with Crippen molar-refractivity contribution in [3.05, 3.63) is 37.6 Å². The monoisotopic (exact) mass is 416 g/mol. The van der Waals surface area contributed by atoms with Crippen LogP contribution >= 0.6 is 15.9 Å². The Morgan fingerprint density at radius 2 is 2.20 bits per heavy atom. The molecule has 1 aliphatic rings. The van der Waals surface area contributed by atoms with Gasteiger partial charge in [0, 0.05) is 12.6 Å². The van der Waals surface area contributed by atoms with Crippen LogP contribution in [0.3, 0.4) is 0 Å². The summed E-state index contributed by atoms with van der Waals surface area (Å²) in [5.74, 6) is -0.405. The number of ether oxygens (including phenoxy) is 2.